The third-order valence-corrected chi connectivity index (χ3v) is 3.00. The number of pyridine rings is 1. The van der Waals surface area contributed by atoms with Gasteiger partial charge in [0.25, 0.3) is 5.56 Å². The van der Waals surface area contributed by atoms with Gasteiger partial charge in [-0.1, -0.05) is 50.2 Å². The Labute approximate surface area is 113 Å². The second-order valence-electron chi connectivity index (χ2n) is 4.99. The average Bonchev–Trinajstić information content (AvgIpc) is 2.41. The molecule has 0 atom stereocenters. The van der Waals surface area contributed by atoms with Crippen molar-refractivity contribution in [2.24, 2.45) is 0 Å². The van der Waals surface area contributed by atoms with Gasteiger partial charge in [-0.15, -0.1) is 0 Å². The van der Waals surface area contributed by atoms with Gasteiger partial charge in [0.2, 0.25) is 0 Å². The first-order valence-corrected chi connectivity index (χ1v) is 6.62. The van der Waals surface area contributed by atoms with Crippen molar-refractivity contribution in [2.45, 2.75) is 33.0 Å². The van der Waals surface area contributed by atoms with Crippen LogP contribution in [-0.4, -0.2) is 10.6 Å². The maximum atomic E-state index is 12.3. The van der Waals surface area contributed by atoms with Gasteiger partial charge < -0.3 is 9.88 Å². The largest absolute Gasteiger partial charge is 0.311 e. The van der Waals surface area contributed by atoms with E-state index in [4.69, 9.17) is 0 Å². The molecular formula is C16H20N2O. The van der Waals surface area contributed by atoms with E-state index >= 15 is 0 Å². The number of aromatic nitrogens is 1. The van der Waals surface area contributed by atoms with E-state index in [0.29, 0.717) is 19.1 Å². The van der Waals surface area contributed by atoms with Gasteiger partial charge in [0.15, 0.2) is 0 Å². The summed E-state index contributed by atoms with van der Waals surface area (Å²) in [6.07, 6.45) is 1.84. The Morgan fingerprint density at radius 2 is 1.84 bits per heavy atom. The first-order valence-electron chi connectivity index (χ1n) is 6.62. The minimum Gasteiger partial charge on any atom is -0.311 e. The Balaban J connectivity index is 2.18. The summed E-state index contributed by atoms with van der Waals surface area (Å²) in [7, 11) is 0. The molecule has 0 fully saturated rings. The van der Waals surface area contributed by atoms with E-state index in [1.54, 1.807) is 4.57 Å². The third kappa shape index (κ3) is 3.80. The zero-order valence-corrected chi connectivity index (χ0v) is 11.5. The van der Waals surface area contributed by atoms with Gasteiger partial charge in [-0.05, 0) is 11.6 Å². The minimum absolute atomic E-state index is 0.0829. The molecule has 0 aliphatic carbocycles. The summed E-state index contributed by atoms with van der Waals surface area (Å²) in [6, 6.07) is 14.2. The Kier molecular flexibility index (Phi) is 4.53. The van der Waals surface area contributed by atoms with Crippen molar-refractivity contribution in [1.29, 1.82) is 0 Å². The minimum atomic E-state index is 0.0829. The molecule has 100 valence electrons. The van der Waals surface area contributed by atoms with E-state index in [1.807, 2.05) is 48.7 Å². The van der Waals surface area contributed by atoms with Crippen molar-refractivity contribution in [2.75, 3.05) is 0 Å². The number of nitrogens with zero attached hydrogens (tertiary/aromatic N) is 1. The SMILES string of the molecule is CC(C)NCc1cccn(Cc2ccccc2)c1=O. The predicted molar refractivity (Wildman–Crippen MR) is 78.2 cm³/mol. The highest BCUT2D eigenvalue weighted by Crippen LogP contribution is 2.01. The van der Waals surface area contributed by atoms with E-state index in [9.17, 15) is 4.79 Å². The molecule has 1 aromatic heterocycles. The van der Waals surface area contributed by atoms with Crippen LogP contribution in [0.25, 0.3) is 0 Å². The molecule has 0 saturated heterocycles. The first kappa shape index (κ1) is 13.6. The van der Waals surface area contributed by atoms with Crippen molar-refractivity contribution >= 4 is 0 Å². The summed E-state index contributed by atoms with van der Waals surface area (Å²) in [5.74, 6) is 0. The predicted octanol–water partition coefficient (Wildman–Crippen LogP) is 2.39. The number of benzene rings is 1. The Morgan fingerprint density at radius 3 is 2.53 bits per heavy atom. The summed E-state index contributed by atoms with van der Waals surface area (Å²) >= 11 is 0. The average molecular weight is 256 g/mol. The van der Waals surface area contributed by atoms with Crippen LogP contribution in [0.4, 0.5) is 0 Å². The molecular weight excluding hydrogens is 236 g/mol. The highest BCUT2D eigenvalue weighted by molar-refractivity contribution is 5.17. The van der Waals surface area contributed by atoms with Gasteiger partial charge in [0.1, 0.15) is 0 Å². The van der Waals surface area contributed by atoms with Gasteiger partial charge >= 0.3 is 0 Å². The lowest BCUT2D eigenvalue weighted by atomic mass is 10.2. The van der Waals surface area contributed by atoms with Gasteiger partial charge in [-0.3, -0.25) is 4.79 Å². The lowest BCUT2D eigenvalue weighted by molar-refractivity contribution is 0.581. The Bertz CT molecular complexity index is 573. The number of rotatable bonds is 5. The zero-order valence-electron chi connectivity index (χ0n) is 11.5. The lowest BCUT2D eigenvalue weighted by Crippen LogP contribution is -2.29. The molecule has 1 aromatic carbocycles. The summed E-state index contributed by atoms with van der Waals surface area (Å²) in [6.45, 7) is 5.39. The van der Waals surface area contributed by atoms with Crippen LogP contribution in [0.2, 0.25) is 0 Å². The van der Waals surface area contributed by atoms with Crippen LogP contribution in [0.5, 0.6) is 0 Å². The van der Waals surface area contributed by atoms with Crippen molar-refractivity contribution < 1.29 is 0 Å². The number of nitrogens with one attached hydrogen (secondary N) is 1. The van der Waals surface area contributed by atoms with E-state index in [-0.39, 0.29) is 5.56 Å². The highest BCUT2D eigenvalue weighted by Gasteiger charge is 2.04. The van der Waals surface area contributed by atoms with Crippen LogP contribution in [0.15, 0.2) is 53.5 Å². The molecule has 0 aliphatic heterocycles. The molecule has 0 bridgehead atoms. The highest BCUT2D eigenvalue weighted by atomic mass is 16.1. The van der Waals surface area contributed by atoms with Crippen molar-refractivity contribution in [3.8, 4) is 0 Å². The quantitative estimate of drug-likeness (QED) is 0.891. The maximum absolute atomic E-state index is 12.3. The molecule has 0 spiro atoms. The van der Waals surface area contributed by atoms with E-state index < -0.39 is 0 Å². The Morgan fingerprint density at radius 1 is 1.11 bits per heavy atom. The molecule has 1 heterocycles. The molecule has 2 aromatic rings. The fourth-order valence-corrected chi connectivity index (χ4v) is 1.94. The topological polar surface area (TPSA) is 34.0 Å². The van der Waals surface area contributed by atoms with Crippen LogP contribution >= 0.6 is 0 Å². The Hall–Kier alpha value is -1.87. The summed E-state index contributed by atoms with van der Waals surface area (Å²) < 4.78 is 1.76. The molecule has 0 saturated carbocycles. The van der Waals surface area contributed by atoms with Gasteiger partial charge in [-0.2, -0.15) is 0 Å². The maximum Gasteiger partial charge on any atom is 0.255 e. The van der Waals surface area contributed by atoms with Crippen LogP contribution in [0, 0.1) is 0 Å². The number of hydrogen-bond acceptors (Lipinski definition) is 2. The second kappa shape index (κ2) is 6.34. The molecule has 19 heavy (non-hydrogen) atoms. The van der Waals surface area contributed by atoms with Crippen molar-refractivity contribution in [3.63, 3.8) is 0 Å². The number of hydrogen-bond donors (Lipinski definition) is 1. The molecule has 3 nitrogen and oxygen atoms in total. The van der Waals surface area contributed by atoms with E-state index in [1.165, 1.54) is 0 Å². The van der Waals surface area contributed by atoms with Crippen LogP contribution in [-0.2, 0) is 13.1 Å². The molecule has 0 radical (unpaired) electrons. The lowest BCUT2D eigenvalue weighted by Gasteiger charge is -2.10. The van der Waals surface area contributed by atoms with Gasteiger partial charge in [0.05, 0.1) is 6.54 Å². The molecule has 3 heteroatoms. The van der Waals surface area contributed by atoms with Crippen LogP contribution in [0.1, 0.15) is 25.0 Å². The normalized spacial score (nSPS) is 10.9. The van der Waals surface area contributed by atoms with Gasteiger partial charge in [-0.25, -0.2) is 0 Å². The molecule has 2 rings (SSSR count). The molecule has 0 amide bonds. The summed E-state index contributed by atoms with van der Waals surface area (Å²) in [4.78, 5) is 12.3. The van der Waals surface area contributed by atoms with Crippen LogP contribution < -0.4 is 10.9 Å². The standard InChI is InChI=1S/C16H20N2O/c1-13(2)17-11-15-9-6-10-18(16(15)19)12-14-7-4-3-5-8-14/h3-10,13,17H,11-12H2,1-2H3. The monoisotopic (exact) mass is 256 g/mol. The third-order valence-electron chi connectivity index (χ3n) is 3.00. The van der Waals surface area contributed by atoms with Crippen molar-refractivity contribution in [3.05, 3.63) is 70.1 Å². The summed E-state index contributed by atoms with van der Waals surface area (Å²) in [5.41, 5.74) is 2.03. The van der Waals surface area contributed by atoms with E-state index in [2.05, 4.69) is 19.2 Å². The second-order valence-corrected chi connectivity index (χ2v) is 4.99. The smallest absolute Gasteiger partial charge is 0.255 e. The first-order chi connectivity index (χ1) is 9.16. The molecule has 1 N–H and O–H groups in total. The molecule has 0 aliphatic rings. The van der Waals surface area contributed by atoms with Gasteiger partial charge in [0, 0.05) is 24.3 Å². The van der Waals surface area contributed by atoms with Crippen molar-refractivity contribution in [1.82, 2.24) is 9.88 Å². The van der Waals surface area contributed by atoms with Crippen LogP contribution in [0.3, 0.4) is 0 Å². The zero-order chi connectivity index (χ0) is 13.7. The fourth-order valence-electron chi connectivity index (χ4n) is 1.94. The summed E-state index contributed by atoms with van der Waals surface area (Å²) in [5, 5.41) is 3.28. The van der Waals surface area contributed by atoms with E-state index in [0.717, 1.165) is 11.1 Å². The fraction of sp³-hybridized carbons (Fsp3) is 0.312. The molecule has 0 unspecified atom stereocenters.